The summed E-state index contributed by atoms with van der Waals surface area (Å²) in [4.78, 5) is 26.7. The number of rotatable bonds is 2. The molecule has 2 fully saturated rings. The highest BCUT2D eigenvalue weighted by Gasteiger charge is 2.58. The SMILES string of the molecule is CC(C)[C@@H]1N[C@@H](C)[C@@H]2C(=O)N(c3ccccc3)C(=O)[C@@H]21. The molecule has 106 valence electrons. The van der Waals surface area contributed by atoms with Crippen LogP contribution in [-0.4, -0.2) is 23.9 Å². The van der Waals surface area contributed by atoms with E-state index in [2.05, 4.69) is 19.2 Å². The number of anilines is 1. The molecule has 0 aliphatic carbocycles. The van der Waals surface area contributed by atoms with Crippen molar-refractivity contribution in [3.8, 4) is 0 Å². The van der Waals surface area contributed by atoms with Crippen molar-refractivity contribution in [3.05, 3.63) is 30.3 Å². The van der Waals surface area contributed by atoms with E-state index < -0.39 is 0 Å². The number of benzene rings is 1. The fourth-order valence-corrected chi connectivity index (χ4v) is 3.57. The predicted molar refractivity (Wildman–Crippen MR) is 77.1 cm³/mol. The van der Waals surface area contributed by atoms with Gasteiger partial charge in [-0.15, -0.1) is 0 Å². The molecule has 0 aromatic heterocycles. The van der Waals surface area contributed by atoms with Crippen molar-refractivity contribution in [2.75, 3.05) is 4.90 Å². The van der Waals surface area contributed by atoms with Crippen LogP contribution in [0.1, 0.15) is 20.8 Å². The fraction of sp³-hybridized carbons (Fsp3) is 0.500. The minimum Gasteiger partial charge on any atom is -0.310 e. The smallest absolute Gasteiger partial charge is 0.239 e. The van der Waals surface area contributed by atoms with E-state index in [9.17, 15) is 9.59 Å². The van der Waals surface area contributed by atoms with E-state index in [0.717, 1.165) is 0 Å². The Hall–Kier alpha value is -1.68. The molecular weight excluding hydrogens is 252 g/mol. The first-order chi connectivity index (χ1) is 9.52. The lowest BCUT2D eigenvalue weighted by molar-refractivity contribution is -0.123. The zero-order valence-electron chi connectivity index (χ0n) is 12.0. The molecule has 1 aromatic rings. The van der Waals surface area contributed by atoms with Gasteiger partial charge in [-0.2, -0.15) is 0 Å². The molecule has 2 aliphatic heterocycles. The number of carbonyl (C=O) groups is 2. The van der Waals surface area contributed by atoms with E-state index in [-0.39, 0.29) is 35.7 Å². The third-order valence-electron chi connectivity index (χ3n) is 4.51. The van der Waals surface area contributed by atoms with E-state index in [0.29, 0.717) is 11.6 Å². The summed E-state index contributed by atoms with van der Waals surface area (Å²) >= 11 is 0. The molecule has 20 heavy (non-hydrogen) atoms. The average Bonchev–Trinajstić information content (AvgIpc) is 2.89. The van der Waals surface area contributed by atoms with Crippen LogP contribution >= 0.6 is 0 Å². The van der Waals surface area contributed by atoms with Gasteiger partial charge in [0.15, 0.2) is 0 Å². The third kappa shape index (κ3) is 1.79. The molecule has 4 atom stereocenters. The van der Waals surface area contributed by atoms with Crippen LogP contribution in [0.5, 0.6) is 0 Å². The number of imide groups is 1. The molecule has 1 aromatic carbocycles. The van der Waals surface area contributed by atoms with Gasteiger partial charge in [-0.3, -0.25) is 9.59 Å². The molecule has 0 saturated carbocycles. The molecule has 0 unspecified atom stereocenters. The van der Waals surface area contributed by atoms with Crippen LogP contribution in [0.25, 0.3) is 0 Å². The summed E-state index contributed by atoms with van der Waals surface area (Å²) in [7, 11) is 0. The molecule has 1 N–H and O–H groups in total. The minimum absolute atomic E-state index is 0.0533. The summed E-state index contributed by atoms with van der Waals surface area (Å²) in [5, 5.41) is 3.42. The molecule has 3 rings (SSSR count). The van der Waals surface area contributed by atoms with Crippen molar-refractivity contribution in [2.24, 2.45) is 17.8 Å². The lowest BCUT2D eigenvalue weighted by atomic mass is 9.85. The van der Waals surface area contributed by atoms with Crippen LogP contribution in [-0.2, 0) is 9.59 Å². The van der Waals surface area contributed by atoms with Gasteiger partial charge in [-0.1, -0.05) is 32.0 Å². The summed E-state index contributed by atoms with van der Waals surface area (Å²) in [6.07, 6.45) is 0. The Morgan fingerprint density at radius 1 is 1.05 bits per heavy atom. The van der Waals surface area contributed by atoms with E-state index >= 15 is 0 Å². The number of carbonyl (C=O) groups excluding carboxylic acids is 2. The maximum atomic E-state index is 12.7. The van der Waals surface area contributed by atoms with Crippen molar-refractivity contribution in [1.29, 1.82) is 0 Å². The van der Waals surface area contributed by atoms with Crippen LogP contribution in [0, 0.1) is 17.8 Å². The van der Waals surface area contributed by atoms with Crippen LogP contribution in [0.4, 0.5) is 5.69 Å². The molecule has 0 bridgehead atoms. The topological polar surface area (TPSA) is 49.4 Å². The summed E-state index contributed by atoms with van der Waals surface area (Å²) in [5.41, 5.74) is 0.687. The standard InChI is InChI=1S/C16H20N2O2/c1-9(2)14-13-12(10(3)17-14)15(19)18(16(13)20)11-7-5-4-6-8-11/h4-10,12-14,17H,1-3H3/t10-,12-,13-,14-/m0/s1. The molecule has 4 heteroatoms. The number of nitrogens with one attached hydrogen (secondary N) is 1. The maximum absolute atomic E-state index is 12.7. The normalized spacial score (nSPS) is 33.1. The van der Waals surface area contributed by atoms with Gasteiger partial charge in [0.25, 0.3) is 0 Å². The summed E-state index contributed by atoms with van der Waals surface area (Å²) < 4.78 is 0. The number of para-hydroxylation sites is 1. The molecule has 4 nitrogen and oxygen atoms in total. The first-order valence-corrected chi connectivity index (χ1v) is 7.21. The predicted octanol–water partition coefficient (Wildman–Crippen LogP) is 1.81. The number of nitrogens with zero attached hydrogens (tertiary/aromatic N) is 1. The summed E-state index contributed by atoms with van der Waals surface area (Å²) in [5.74, 6) is -0.233. The Kier molecular flexibility index (Phi) is 3.13. The van der Waals surface area contributed by atoms with Gasteiger partial charge in [0.2, 0.25) is 11.8 Å². The quantitative estimate of drug-likeness (QED) is 0.835. The van der Waals surface area contributed by atoms with Crippen molar-refractivity contribution in [3.63, 3.8) is 0 Å². The van der Waals surface area contributed by atoms with Crippen molar-refractivity contribution >= 4 is 17.5 Å². The van der Waals surface area contributed by atoms with Crippen molar-refractivity contribution in [1.82, 2.24) is 5.32 Å². The fourth-order valence-electron chi connectivity index (χ4n) is 3.57. The largest absolute Gasteiger partial charge is 0.310 e. The van der Waals surface area contributed by atoms with Crippen molar-refractivity contribution < 1.29 is 9.59 Å². The van der Waals surface area contributed by atoms with Crippen LogP contribution < -0.4 is 10.2 Å². The van der Waals surface area contributed by atoms with Crippen molar-refractivity contribution in [2.45, 2.75) is 32.9 Å². The van der Waals surface area contributed by atoms with Gasteiger partial charge in [-0.05, 0) is 25.0 Å². The van der Waals surface area contributed by atoms with Gasteiger partial charge in [-0.25, -0.2) is 4.90 Å². The lowest BCUT2D eigenvalue weighted by Crippen LogP contribution is -2.43. The zero-order valence-corrected chi connectivity index (χ0v) is 12.0. The van der Waals surface area contributed by atoms with Crippen LogP contribution in [0.3, 0.4) is 0 Å². The second kappa shape index (κ2) is 4.70. The highest BCUT2D eigenvalue weighted by atomic mass is 16.2. The minimum atomic E-state index is -0.227. The molecule has 2 heterocycles. The number of fused-ring (bicyclic) bond motifs is 1. The number of hydrogen-bond donors (Lipinski definition) is 1. The zero-order chi connectivity index (χ0) is 14.4. The Labute approximate surface area is 119 Å². The van der Waals surface area contributed by atoms with E-state index in [1.54, 1.807) is 0 Å². The summed E-state index contributed by atoms with van der Waals surface area (Å²) in [6, 6.07) is 9.37. The van der Waals surface area contributed by atoms with Gasteiger partial charge in [0, 0.05) is 12.1 Å². The van der Waals surface area contributed by atoms with Gasteiger partial charge in [0.05, 0.1) is 17.5 Å². The van der Waals surface area contributed by atoms with Crippen LogP contribution in [0.15, 0.2) is 30.3 Å². The van der Waals surface area contributed by atoms with Gasteiger partial charge in [0.1, 0.15) is 0 Å². The first-order valence-electron chi connectivity index (χ1n) is 7.21. The molecule has 2 aliphatic rings. The Morgan fingerprint density at radius 3 is 2.25 bits per heavy atom. The Morgan fingerprint density at radius 2 is 1.65 bits per heavy atom. The molecule has 0 spiro atoms. The second-order valence-electron chi connectivity index (χ2n) is 6.12. The lowest BCUT2D eigenvalue weighted by Gasteiger charge is -2.23. The Balaban J connectivity index is 1.99. The first kappa shape index (κ1) is 13.3. The van der Waals surface area contributed by atoms with Gasteiger partial charge >= 0.3 is 0 Å². The number of amides is 2. The van der Waals surface area contributed by atoms with Gasteiger partial charge < -0.3 is 5.32 Å². The molecule has 2 amide bonds. The molecule has 0 radical (unpaired) electrons. The van der Waals surface area contributed by atoms with E-state index in [1.807, 2.05) is 37.3 Å². The second-order valence-corrected chi connectivity index (χ2v) is 6.12. The van der Waals surface area contributed by atoms with Crippen LogP contribution in [0.2, 0.25) is 0 Å². The van der Waals surface area contributed by atoms with E-state index in [4.69, 9.17) is 0 Å². The number of hydrogen-bond acceptors (Lipinski definition) is 3. The average molecular weight is 272 g/mol. The molecular formula is C16H20N2O2. The third-order valence-corrected chi connectivity index (χ3v) is 4.51. The monoisotopic (exact) mass is 272 g/mol. The summed E-state index contributed by atoms with van der Waals surface area (Å²) in [6.45, 7) is 6.19. The maximum Gasteiger partial charge on any atom is 0.239 e. The Bertz CT molecular complexity index is 541. The van der Waals surface area contributed by atoms with E-state index in [1.165, 1.54) is 4.90 Å². The highest BCUT2D eigenvalue weighted by molar-refractivity contribution is 6.22. The highest BCUT2D eigenvalue weighted by Crippen LogP contribution is 2.40. The molecule has 2 saturated heterocycles.